The zero-order valence-corrected chi connectivity index (χ0v) is 19.5. The summed E-state index contributed by atoms with van der Waals surface area (Å²) in [6, 6.07) is 0. The first kappa shape index (κ1) is 27.4. The van der Waals surface area contributed by atoms with Crippen LogP contribution in [0.1, 0.15) is 27.7 Å². The lowest BCUT2D eigenvalue weighted by Crippen LogP contribution is -2.64. The first-order valence-electron chi connectivity index (χ1n) is 9.76. The molecule has 0 bridgehead atoms. The van der Waals surface area contributed by atoms with E-state index >= 15 is 4.39 Å². The van der Waals surface area contributed by atoms with E-state index in [1.165, 1.54) is 6.20 Å². The fourth-order valence-corrected chi connectivity index (χ4v) is 4.03. The van der Waals surface area contributed by atoms with Gasteiger partial charge in [0.15, 0.2) is 24.5 Å². The molecular weight excluding hydrogens is 486 g/mol. The quantitative estimate of drug-likeness (QED) is 0.272. The third kappa shape index (κ3) is 7.32. The first-order valence-corrected chi connectivity index (χ1v) is 11.3. The minimum Gasteiger partial charge on any atom is -0.463 e. The second kappa shape index (κ2) is 11.5. The van der Waals surface area contributed by atoms with Crippen LogP contribution in [0, 0.1) is 0 Å². The number of ether oxygens (including phenoxy) is 5. The number of alkyl halides is 1. The number of carbonyl (C=O) groups excluding carboxylic acids is 4. The van der Waals surface area contributed by atoms with Crippen molar-refractivity contribution in [2.45, 2.75) is 64.6 Å². The lowest BCUT2D eigenvalue weighted by molar-refractivity contribution is -0.295. The van der Waals surface area contributed by atoms with Crippen LogP contribution < -0.4 is 0 Å². The third-order valence-electron chi connectivity index (χ3n) is 4.26. The standard InChI is InChI=1S/C18H24FN2O12P/c1-9(22)28-7-13(19)14-15(29-10(2)23)16(30-11(3)24)17(31-12(4)25)18(32-14)33-34(26,27)21-6-5-20-8-21/h5-6,8,13-18H,7H2,1-4H3,(H,26,27)/t13?,14?,15-,16?,17-,18+/m1/s1. The summed E-state index contributed by atoms with van der Waals surface area (Å²) in [4.78, 5) is 60.3. The predicted molar refractivity (Wildman–Crippen MR) is 105 cm³/mol. The molecule has 1 fully saturated rings. The summed E-state index contributed by atoms with van der Waals surface area (Å²) in [6.07, 6.45) is -8.04. The van der Waals surface area contributed by atoms with Crippen LogP contribution in [0.2, 0.25) is 0 Å². The van der Waals surface area contributed by atoms with E-state index < -0.39 is 75.1 Å². The average molecular weight is 510 g/mol. The molecule has 0 amide bonds. The van der Waals surface area contributed by atoms with Gasteiger partial charge in [-0.2, -0.15) is 0 Å². The van der Waals surface area contributed by atoms with Gasteiger partial charge in [-0.15, -0.1) is 0 Å². The zero-order chi connectivity index (χ0) is 25.6. The van der Waals surface area contributed by atoms with Gasteiger partial charge in [0.1, 0.15) is 19.0 Å². The van der Waals surface area contributed by atoms with Crippen LogP contribution in [0.3, 0.4) is 0 Å². The molecule has 0 radical (unpaired) electrons. The lowest BCUT2D eigenvalue weighted by atomic mass is 9.95. The van der Waals surface area contributed by atoms with Crippen LogP contribution in [0.4, 0.5) is 4.39 Å². The van der Waals surface area contributed by atoms with E-state index in [0.717, 1.165) is 40.2 Å². The number of esters is 4. The molecule has 0 spiro atoms. The predicted octanol–water partition coefficient (Wildman–Crippen LogP) is 0.269. The van der Waals surface area contributed by atoms with E-state index in [-0.39, 0.29) is 0 Å². The second-order valence-corrected chi connectivity index (χ2v) is 8.70. The number of halogens is 1. The van der Waals surface area contributed by atoms with Gasteiger partial charge in [-0.05, 0) is 0 Å². The minimum atomic E-state index is -4.76. The summed E-state index contributed by atoms with van der Waals surface area (Å²) in [5.74, 6) is -3.67. The van der Waals surface area contributed by atoms with Crippen molar-refractivity contribution in [3.63, 3.8) is 0 Å². The van der Waals surface area contributed by atoms with Crippen molar-refractivity contribution < 1.29 is 61.2 Å². The van der Waals surface area contributed by atoms with E-state index in [2.05, 4.69) is 9.72 Å². The molecule has 0 saturated carbocycles. The molecule has 4 unspecified atom stereocenters. The highest BCUT2D eigenvalue weighted by molar-refractivity contribution is 7.51. The summed E-state index contributed by atoms with van der Waals surface area (Å²) in [5.41, 5.74) is 0. The Kier molecular flexibility index (Phi) is 9.27. The Labute approximate surface area is 192 Å². The van der Waals surface area contributed by atoms with Gasteiger partial charge in [0, 0.05) is 40.1 Å². The highest BCUT2D eigenvalue weighted by Crippen LogP contribution is 2.47. The molecular formula is C18H24FN2O12P. The van der Waals surface area contributed by atoms with Gasteiger partial charge in [-0.1, -0.05) is 0 Å². The van der Waals surface area contributed by atoms with Crippen LogP contribution >= 0.6 is 7.75 Å². The molecule has 1 aliphatic rings. The second-order valence-electron chi connectivity index (χ2n) is 7.05. The highest BCUT2D eigenvalue weighted by atomic mass is 31.2. The Morgan fingerprint density at radius 3 is 2.09 bits per heavy atom. The molecule has 1 aromatic rings. The number of imidazole rings is 1. The summed E-state index contributed by atoms with van der Waals surface area (Å²) >= 11 is 0. The molecule has 1 N–H and O–H groups in total. The fourth-order valence-electron chi connectivity index (χ4n) is 3.06. The minimum absolute atomic E-state index is 0.682. The van der Waals surface area contributed by atoms with Crippen LogP contribution in [0.15, 0.2) is 18.7 Å². The molecule has 34 heavy (non-hydrogen) atoms. The number of aromatic nitrogens is 2. The molecule has 0 aliphatic carbocycles. The molecule has 16 heteroatoms. The number of rotatable bonds is 9. The number of hydrogen-bond acceptors (Lipinski definition) is 12. The van der Waals surface area contributed by atoms with Crippen LogP contribution in [-0.4, -0.2) is 81.6 Å². The summed E-state index contributed by atoms with van der Waals surface area (Å²) in [6.45, 7) is 3.08. The Hall–Kier alpha value is -2.87. The molecule has 2 rings (SSSR count). The molecule has 14 nitrogen and oxygen atoms in total. The smallest absolute Gasteiger partial charge is 0.440 e. The molecule has 2 heterocycles. The van der Waals surface area contributed by atoms with Gasteiger partial charge >= 0.3 is 31.6 Å². The highest BCUT2D eigenvalue weighted by Gasteiger charge is 2.56. The van der Waals surface area contributed by atoms with Gasteiger partial charge in [-0.3, -0.25) is 23.7 Å². The molecule has 1 aliphatic heterocycles. The van der Waals surface area contributed by atoms with E-state index in [1.54, 1.807) is 0 Å². The van der Waals surface area contributed by atoms with Crippen LogP contribution in [0.25, 0.3) is 0 Å². The van der Waals surface area contributed by atoms with Crippen molar-refractivity contribution in [2.75, 3.05) is 6.61 Å². The Morgan fingerprint density at radius 2 is 1.59 bits per heavy atom. The van der Waals surface area contributed by atoms with Crippen LogP contribution in [0.5, 0.6) is 0 Å². The number of hydrogen-bond donors (Lipinski definition) is 1. The number of nitrogens with zero attached hydrogens (tertiary/aromatic N) is 2. The van der Waals surface area contributed by atoms with Crippen molar-refractivity contribution >= 4 is 31.6 Å². The van der Waals surface area contributed by atoms with Crippen molar-refractivity contribution in [3.8, 4) is 0 Å². The fraction of sp³-hybridized carbons (Fsp3) is 0.611. The van der Waals surface area contributed by atoms with E-state index in [1.807, 2.05) is 0 Å². The first-order chi connectivity index (χ1) is 15.8. The van der Waals surface area contributed by atoms with Gasteiger partial charge in [-0.25, -0.2) is 18.3 Å². The van der Waals surface area contributed by atoms with E-state index in [4.69, 9.17) is 23.5 Å². The maximum absolute atomic E-state index is 15.1. The third-order valence-corrected chi connectivity index (χ3v) is 5.57. The van der Waals surface area contributed by atoms with Crippen molar-refractivity contribution in [1.29, 1.82) is 0 Å². The lowest BCUT2D eigenvalue weighted by Gasteiger charge is -2.45. The zero-order valence-electron chi connectivity index (χ0n) is 18.6. The summed E-state index contributed by atoms with van der Waals surface area (Å²) in [7, 11) is -4.76. The molecule has 1 saturated heterocycles. The molecule has 7 atom stereocenters. The Balaban J connectivity index is 2.51. The van der Waals surface area contributed by atoms with Crippen LogP contribution in [-0.2, 0) is 52.0 Å². The SMILES string of the molecule is CC(=O)OCC(F)C1O[C@@H](OP(=O)(O)n2ccnc2)[C@H](OC(C)=O)C(OC(C)=O)[C@@H]1OC(C)=O. The number of carbonyl (C=O) groups is 4. The van der Waals surface area contributed by atoms with Crippen molar-refractivity contribution in [1.82, 2.24) is 9.32 Å². The van der Waals surface area contributed by atoms with Crippen molar-refractivity contribution in [2.24, 2.45) is 0 Å². The summed E-state index contributed by atoms with van der Waals surface area (Å²) in [5, 5.41) is 0. The van der Waals surface area contributed by atoms with E-state index in [9.17, 15) is 28.6 Å². The van der Waals surface area contributed by atoms with Gasteiger partial charge < -0.3 is 28.6 Å². The maximum Gasteiger partial charge on any atom is 0.440 e. The monoisotopic (exact) mass is 510 g/mol. The van der Waals surface area contributed by atoms with Gasteiger partial charge in [0.05, 0.1) is 0 Å². The molecule has 0 aromatic carbocycles. The molecule has 190 valence electrons. The van der Waals surface area contributed by atoms with Gasteiger partial charge in [0.2, 0.25) is 6.29 Å². The topological polar surface area (TPSA) is 179 Å². The largest absolute Gasteiger partial charge is 0.463 e. The Morgan fingerprint density at radius 1 is 1.03 bits per heavy atom. The van der Waals surface area contributed by atoms with Gasteiger partial charge in [0.25, 0.3) is 0 Å². The summed E-state index contributed by atoms with van der Waals surface area (Å²) < 4.78 is 59.0. The normalized spacial score (nSPS) is 27.1. The average Bonchev–Trinajstić information content (AvgIpc) is 3.25. The van der Waals surface area contributed by atoms with Crippen molar-refractivity contribution in [3.05, 3.63) is 18.7 Å². The molecule has 1 aromatic heterocycles. The van der Waals surface area contributed by atoms with E-state index in [0.29, 0.717) is 4.34 Å². The maximum atomic E-state index is 15.1. The Bertz CT molecular complexity index is 941.